The van der Waals surface area contributed by atoms with Crippen LogP contribution in [0.15, 0.2) is 53.5 Å². The summed E-state index contributed by atoms with van der Waals surface area (Å²) in [5.74, 6) is -0.575. The molecule has 0 bridgehead atoms. The van der Waals surface area contributed by atoms with Crippen LogP contribution in [0.1, 0.15) is 31.4 Å². The standard InChI is InChI=1S/C22H20ClFN4O2/c1-14(18-13-26-21(29)17-7-3-2-6-16(17)18)28(11-5-4-10-25)22(30)27-15-8-9-20(24)19(23)12-15/h2-3,6-9,12-14H,4-5,11H2,1H3,(H,26,29)(H,27,30)/t14-/m0/s1. The average Bonchev–Trinajstić information content (AvgIpc) is 2.74. The lowest BCUT2D eigenvalue weighted by Crippen LogP contribution is -2.38. The molecule has 1 heterocycles. The molecule has 30 heavy (non-hydrogen) atoms. The second kappa shape index (κ2) is 9.42. The summed E-state index contributed by atoms with van der Waals surface area (Å²) in [6.07, 6.45) is 2.39. The Morgan fingerprint density at radius 2 is 2.03 bits per heavy atom. The Kier molecular flexibility index (Phi) is 6.70. The highest BCUT2D eigenvalue weighted by Gasteiger charge is 2.23. The maximum Gasteiger partial charge on any atom is 0.322 e. The fraction of sp³-hybridized carbons (Fsp3) is 0.227. The molecular weight excluding hydrogens is 407 g/mol. The van der Waals surface area contributed by atoms with E-state index >= 15 is 0 Å². The number of nitriles is 1. The monoisotopic (exact) mass is 426 g/mol. The Balaban J connectivity index is 1.94. The predicted molar refractivity (Wildman–Crippen MR) is 115 cm³/mol. The Bertz CT molecular complexity index is 1170. The number of unbranched alkanes of at least 4 members (excludes halogenated alkanes) is 1. The molecule has 0 aliphatic rings. The van der Waals surface area contributed by atoms with Crippen LogP contribution < -0.4 is 10.9 Å². The van der Waals surface area contributed by atoms with Crippen molar-refractivity contribution in [3.05, 3.63) is 75.4 Å². The Labute approximate surface area is 177 Å². The third-order valence-corrected chi connectivity index (χ3v) is 5.17. The number of hydrogen-bond donors (Lipinski definition) is 2. The van der Waals surface area contributed by atoms with Crippen molar-refractivity contribution in [1.82, 2.24) is 9.88 Å². The van der Waals surface area contributed by atoms with E-state index in [1.807, 2.05) is 19.1 Å². The van der Waals surface area contributed by atoms with E-state index < -0.39 is 17.9 Å². The second-order valence-electron chi connectivity index (χ2n) is 6.81. The van der Waals surface area contributed by atoms with Crippen LogP contribution in [0.2, 0.25) is 5.02 Å². The number of fused-ring (bicyclic) bond motifs is 1. The highest BCUT2D eigenvalue weighted by atomic mass is 35.5. The number of nitrogens with one attached hydrogen (secondary N) is 2. The third-order valence-electron chi connectivity index (χ3n) is 4.88. The molecule has 0 fully saturated rings. The normalized spacial score (nSPS) is 11.7. The maximum atomic E-state index is 13.4. The zero-order chi connectivity index (χ0) is 21.7. The van der Waals surface area contributed by atoms with E-state index in [9.17, 15) is 14.0 Å². The van der Waals surface area contributed by atoms with Gasteiger partial charge in [0, 0.05) is 30.2 Å². The van der Waals surface area contributed by atoms with E-state index in [0.29, 0.717) is 30.5 Å². The summed E-state index contributed by atoms with van der Waals surface area (Å²) in [5, 5.41) is 12.8. The van der Waals surface area contributed by atoms with Crippen LogP contribution in [0.3, 0.4) is 0 Å². The number of amides is 2. The molecule has 0 radical (unpaired) electrons. The first kappa shape index (κ1) is 21.3. The largest absolute Gasteiger partial charge is 0.328 e. The first-order valence-electron chi connectivity index (χ1n) is 9.42. The summed E-state index contributed by atoms with van der Waals surface area (Å²) in [7, 11) is 0. The van der Waals surface area contributed by atoms with Crippen LogP contribution in [0, 0.1) is 17.1 Å². The van der Waals surface area contributed by atoms with E-state index in [-0.39, 0.29) is 10.6 Å². The number of rotatable bonds is 6. The van der Waals surface area contributed by atoms with Crippen molar-refractivity contribution in [3.63, 3.8) is 0 Å². The van der Waals surface area contributed by atoms with Gasteiger partial charge in [-0.2, -0.15) is 5.26 Å². The molecule has 0 aliphatic heterocycles. The summed E-state index contributed by atoms with van der Waals surface area (Å²) < 4.78 is 13.4. The number of aromatic amines is 1. The van der Waals surface area contributed by atoms with Crippen LogP contribution in [-0.2, 0) is 0 Å². The third kappa shape index (κ3) is 4.61. The van der Waals surface area contributed by atoms with Gasteiger partial charge in [0.05, 0.1) is 17.1 Å². The number of aromatic nitrogens is 1. The molecule has 1 atom stereocenters. The smallest absolute Gasteiger partial charge is 0.322 e. The summed E-state index contributed by atoms with van der Waals surface area (Å²) in [4.78, 5) is 29.5. The minimum absolute atomic E-state index is 0.0940. The molecule has 0 unspecified atom stereocenters. The molecule has 8 heteroatoms. The summed E-state index contributed by atoms with van der Waals surface area (Å²) in [6.45, 7) is 2.17. The van der Waals surface area contributed by atoms with Crippen LogP contribution in [0.25, 0.3) is 10.8 Å². The SMILES string of the molecule is C[C@@H](c1c[nH]c(=O)c2ccccc12)N(CCCC#N)C(=O)Nc1ccc(F)c(Cl)c1. The van der Waals surface area contributed by atoms with Crippen molar-refractivity contribution in [3.8, 4) is 6.07 Å². The molecular formula is C22H20ClFN4O2. The van der Waals surface area contributed by atoms with Crippen LogP contribution in [0.4, 0.5) is 14.9 Å². The van der Waals surface area contributed by atoms with Gasteiger partial charge < -0.3 is 15.2 Å². The van der Waals surface area contributed by atoms with Crippen LogP contribution in [-0.4, -0.2) is 22.5 Å². The van der Waals surface area contributed by atoms with Gasteiger partial charge in [0.1, 0.15) is 5.82 Å². The molecule has 3 aromatic rings. The Morgan fingerprint density at radius 1 is 1.30 bits per heavy atom. The number of carbonyl (C=O) groups is 1. The van der Waals surface area contributed by atoms with Crippen molar-refractivity contribution in [2.75, 3.05) is 11.9 Å². The van der Waals surface area contributed by atoms with Gasteiger partial charge in [-0.15, -0.1) is 0 Å². The summed E-state index contributed by atoms with van der Waals surface area (Å²) in [6, 6.07) is 12.4. The van der Waals surface area contributed by atoms with E-state index in [2.05, 4.69) is 16.4 Å². The van der Waals surface area contributed by atoms with Gasteiger partial charge >= 0.3 is 6.03 Å². The molecule has 0 saturated heterocycles. The van der Waals surface area contributed by atoms with Gasteiger partial charge in [-0.1, -0.05) is 29.8 Å². The highest BCUT2D eigenvalue weighted by Crippen LogP contribution is 2.27. The molecule has 2 amide bonds. The van der Waals surface area contributed by atoms with Gasteiger partial charge in [-0.25, -0.2) is 9.18 Å². The number of pyridine rings is 1. The van der Waals surface area contributed by atoms with Gasteiger partial charge in [0.25, 0.3) is 5.56 Å². The number of nitrogens with zero attached hydrogens (tertiary/aromatic N) is 2. The second-order valence-corrected chi connectivity index (χ2v) is 7.22. The van der Waals surface area contributed by atoms with Gasteiger partial charge in [0.15, 0.2) is 0 Å². The number of anilines is 1. The first-order chi connectivity index (χ1) is 14.4. The number of urea groups is 1. The molecule has 2 N–H and O–H groups in total. The quantitative estimate of drug-likeness (QED) is 0.529. The molecule has 3 rings (SSSR count). The van der Waals surface area contributed by atoms with Gasteiger partial charge in [0.2, 0.25) is 0 Å². The van der Waals surface area contributed by atoms with Crippen molar-refractivity contribution in [2.24, 2.45) is 0 Å². The Hall–Kier alpha value is -3.37. The van der Waals surface area contributed by atoms with Crippen molar-refractivity contribution >= 4 is 34.1 Å². The molecule has 0 saturated carbocycles. The number of H-pyrrole nitrogens is 1. The van der Waals surface area contributed by atoms with Crippen molar-refractivity contribution < 1.29 is 9.18 Å². The highest BCUT2D eigenvalue weighted by molar-refractivity contribution is 6.31. The minimum atomic E-state index is -0.575. The zero-order valence-corrected chi connectivity index (χ0v) is 17.0. The average molecular weight is 427 g/mol. The van der Waals surface area contributed by atoms with Gasteiger partial charge in [-0.05, 0) is 48.6 Å². The van der Waals surface area contributed by atoms with Gasteiger partial charge in [-0.3, -0.25) is 4.79 Å². The number of carbonyl (C=O) groups excluding carboxylic acids is 1. The Morgan fingerprint density at radius 3 is 2.73 bits per heavy atom. The maximum absolute atomic E-state index is 13.4. The fourth-order valence-electron chi connectivity index (χ4n) is 3.31. The van der Waals surface area contributed by atoms with Crippen molar-refractivity contribution in [1.29, 1.82) is 5.26 Å². The lowest BCUT2D eigenvalue weighted by molar-refractivity contribution is 0.192. The van der Waals surface area contributed by atoms with Crippen LogP contribution in [0.5, 0.6) is 0 Å². The van der Waals surface area contributed by atoms with Crippen molar-refractivity contribution in [2.45, 2.75) is 25.8 Å². The molecule has 6 nitrogen and oxygen atoms in total. The topological polar surface area (TPSA) is 89.0 Å². The number of benzene rings is 2. The first-order valence-corrected chi connectivity index (χ1v) is 9.80. The molecule has 154 valence electrons. The predicted octanol–water partition coefficient (Wildman–Crippen LogP) is 5.22. The molecule has 1 aromatic heterocycles. The summed E-state index contributed by atoms with van der Waals surface area (Å²) >= 11 is 5.81. The lowest BCUT2D eigenvalue weighted by Gasteiger charge is -2.30. The van der Waals surface area contributed by atoms with E-state index in [1.54, 1.807) is 23.2 Å². The van der Waals surface area contributed by atoms with Crippen LogP contribution >= 0.6 is 11.6 Å². The van der Waals surface area contributed by atoms with E-state index in [0.717, 1.165) is 10.9 Å². The number of hydrogen-bond acceptors (Lipinski definition) is 3. The molecule has 0 aliphatic carbocycles. The summed E-state index contributed by atoms with van der Waals surface area (Å²) in [5.41, 5.74) is 0.924. The molecule has 2 aromatic carbocycles. The fourth-order valence-corrected chi connectivity index (χ4v) is 3.49. The zero-order valence-electron chi connectivity index (χ0n) is 16.3. The lowest BCUT2D eigenvalue weighted by atomic mass is 10.0. The molecule has 0 spiro atoms. The minimum Gasteiger partial charge on any atom is -0.328 e. The van der Waals surface area contributed by atoms with E-state index in [4.69, 9.17) is 16.9 Å². The number of halogens is 2. The van der Waals surface area contributed by atoms with E-state index in [1.165, 1.54) is 18.2 Å².